The molecule has 108 valence electrons. The summed E-state index contributed by atoms with van der Waals surface area (Å²) in [6.45, 7) is 3.72. The molecule has 2 aromatic carbocycles. The minimum atomic E-state index is -1.08. The van der Waals surface area contributed by atoms with Crippen LogP contribution in [0.2, 0.25) is 0 Å². The highest BCUT2D eigenvalue weighted by atomic mass is 16.5. The lowest BCUT2D eigenvalue weighted by atomic mass is 10.0. The fourth-order valence-corrected chi connectivity index (χ4v) is 1.91. The van der Waals surface area contributed by atoms with E-state index in [0.29, 0.717) is 5.56 Å². The normalized spacial score (nSPS) is 10.2. The number of carboxylic acid groups (broad SMARTS) is 1. The largest absolute Gasteiger partial charge is 0.485 e. The SMILES string of the molecule is Cc1ccc(C(=O)COc2ccccc2C(=O)O)cc1C. The minimum absolute atomic E-state index is 0.0467. The van der Waals surface area contributed by atoms with Gasteiger partial charge in [0.2, 0.25) is 0 Å². The van der Waals surface area contributed by atoms with E-state index in [4.69, 9.17) is 9.84 Å². The maximum atomic E-state index is 12.1. The Balaban J connectivity index is 2.11. The number of hydrogen-bond donors (Lipinski definition) is 1. The number of carboxylic acids is 1. The van der Waals surface area contributed by atoms with Crippen LogP contribution in [-0.2, 0) is 0 Å². The van der Waals surface area contributed by atoms with Gasteiger partial charge in [-0.05, 0) is 43.2 Å². The van der Waals surface area contributed by atoms with Crippen molar-refractivity contribution in [1.29, 1.82) is 0 Å². The molecule has 0 spiro atoms. The zero-order chi connectivity index (χ0) is 15.4. The number of benzene rings is 2. The van der Waals surface area contributed by atoms with E-state index >= 15 is 0 Å². The van der Waals surface area contributed by atoms with E-state index in [2.05, 4.69) is 0 Å². The first kappa shape index (κ1) is 14.8. The minimum Gasteiger partial charge on any atom is -0.485 e. The molecule has 0 aliphatic rings. The van der Waals surface area contributed by atoms with Crippen LogP contribution in [0.5, 0.6) is 5.75 Å². The van der Waals surface area contributed by atoms with Gasteiger partial charge in [-0.15, -0.1) is 0 Å². The van der Waals surface area contributed by atoms with E-state index < -0.39 is 5.97 Å². The van der Waals surface area contributed by atoms with Crippen LogP contribution in [0, 0.1) is 13.8 Å². The zero-order valence-electron chi connectivity index (χ0n) is 11.9. The molecule has 0 bridgehead atoms. The van der Waals surface area contributed by atoms with Crippen LogP contribution in [0.25, 0.3) is 0 Å². The molecule has 0 heterocycles. The highest BCUT2D eigenvalue weighted by molar-refractivity contribution is 5.97. The number of aryl methyl sites for hydroxylation is 2. The van der Waals surface area contributed by atoms with Crippen LogP contribution >= 0.6 is 0 Å². The summed E-state index contributed by atoms with van der Waals surface area (Å²) < 4.78 is 5.35. The number of Topliss-reactive ketones (excluding diaryl/α,β-unsaturated/α-hetero) is 1. The summed E-state index contributed by atoms with van der Waals surface area (Å²) >= 11 is 0. The van der Waals surface area contributed by atoms with Gasteiger partial charge >= 0.3 is 5.97 Å². The molecule has 4 nitrogen and oxygen atoms in total. The average Bonchev–Trinajstić information content (AvgIpc) is 2.47. The molecular formula is C17H16O4. The number of para-hydroxylation sites is 1. The van der Waals surface area contributed by atoms with Crippen LogP contribution in [0.15, 0.2) is 42.5 Å². The Morgan fingerprint density at radius 3 is 2.43 bits per heavy atom. The summed E-state index contributed by atoms with van der Waals surface area (Å²) in [5.41, 5.74) is 2.76. The molecule has 0 aliphatic heterocycles. The summed E-state index contributed by atoms with van der Waals surface area (Å²) in [7, 11) is 0. The standard InChI is InChI=1S/C17H16O4/c1-11-7-8-13(9-12(11)2)15(18)10-21-16-6-4-3-5-14(16)17(19)20/h3-9H,10H2,1-2H3,(H,19,20). The van der Waals surface area contributed by atoms with Crippen molar-refractivity contribution in [3.63, 3.8) is 0 Å². The first-order chi connectivity index (χ1) is 9.99. The number of hydrogen-bond acceptors (Lipinski definition) is 3. The summed E-state index contributed by atoms with van der Waals surface area (Å²) in [4.78, 5) is 23.1. The molecule has 0 atom stereocenters. The fraction of sp³-hybridized carbons (Fsp3) is 0.176. The number of ketones is 1. The first-order valence-corrected chi connectivity index (χ1v) is 6.54. The van der Waals surface area contributed by atoms with E-state index in [1.807, 2.05) is 26.0 Å². The van der Waals surface area contributed by atoms with Gasteiger partial charge in [-0.25, -0.2) is 4.79 Å². The maximum Gasteiger partial charge on any atom is 0.339 e. The Morgan fingerprint density at radius 2 is 1.76 bits per heavy atom. The topological polar surface area (TPSA) is 63.6 Å². The van der Waals surface area contributed by atoms with Gasteiger partial charge < -0.3 is 9.84 Å². The predicted molar refractivity (Wildman–Crippen MR) is 79.1 cm³/mol. The van der Waals surface area contributed by atoms with Crippen molar-refractivity contribution in [3.05, 3.63) is 64.7 Å². The third-order valence-electron chi connectivity index (χ3n) is 3.31. The van der Waals surface area contributed by atoms with Gasteiger partial charge in [-0.3, -0.25) is 4.79 Å². The number of carbonyl (C=O) groups is 2. The molecule has 2 aromatic rings. The van der Waals surface area contributed by atoms with Gasteiger partial charge in [-0.2, -0.15) is 0 Å². The predicted octanol–water partition coefficient (Wildman–Crippen LogP) is 3.26. The molecule has 0 saturated carbocycles. The number of aromatic carboxylic acids is 1. The second-order valence-electron chi connectivity index (χ2n) is 4.81. The molecule has 0 fully saturated rings. The third-order valence-corrected chi connectivity index (χ3v) is 3.31. The van der Waals surface area contributed by atoms with E-state index in [0.717, 1.165) is 11.1 Å². The van der Waals surface area contributed by atoms with Crippen molar-refractivity contribution in [2.45, 2.75) is 13.8 Å². The van der Waals surface area contributed by atoms with Gasteiger partial charge in [0.25, 0.3) is 0 Å². The number of ether oxygens (including phenoxy) is 1. The smallest absolute Gasteiger partial charge is 0.339 e. The van der Waals surface area contributed by atoms with Crippen LogP contribution in [0.4, 0.5) is 0 Å². The summed E-state index contributed by atoms with van der Waals surface area (Å²) in [5, 5.41) is 9.05. The van der Waals surface area contributed by atoms with Crippen molar-refractivity contribution in [2.24, 2.45) is 0 Å². The van der Waals surface area contributed by atoms with Crippen LogP contribution < -0.4 is 4.74 Å². The van der Waals surface area contributed by atoms with Crippen molar-refractivity contribution >= 4 is 11.8 Å². The molecule has 0 unspecified atom stereocenters. The van der Waals surface area contributed by atoms with Gasteiger partial charge in [0, 0.05) is 5.56 Å². The lowest BCUT2D eigenvalue weighted by molar-refractivity contribution is 0.0689. The molecule has 0 aliphatic carbocycles. The Morgan fingerprint density at radius 1 is 1.05 bits per heavy atom. The summed E-state index contributed by atoms with van der Waals surface area (Å²) in [6, 6.07) is 11.7. The third kappa shape index (κ3) is 3.48. The Bertz CT molecular complexity index is 689. The van der Waals surface area contributed by atoms with Gasteiger partial charge in [0.1, 0.15) is 11.3 Å². The lowest BCUT2D eigenvalue weighted by Crippen LogP contribution is -2.13. The number of carbonyl (C=O) groups excluding carboxylic acids is 1. The van der Waals surface area contributed by atoms with Crippen LogP contribution in [-0.4, -0.2) is 23.5 Å². The van der Waals surface area contributed by atoms with Crippen molar-refractivity contribution in [1.82, 2.24) is 0 Å². The fourth-order valence-electron chi connectivity index (χ4n) is 1.91. The molecule has 1 N–H and O–H groups in total. The van der Waals surface area contributed by atoms with Gasteiger partial charge in [-0.1, -0.05) is 24.3 Å². The van der Waals surface area contributed by atoms with Crippen molar-refractivity contribution < 1.29 is 19.4 Å². The van der Waals surface area contributed by atoms with E-state index in [-0.39, 0.29) is 23.7 Å². The molecule has 0 radical (unpaired) electrons. The van der Waals surface area contributed by atoms with Gasteiger partial charge in [0.05, 0.1) is 0 Å². The van der Waals surface area contributed by atoms with E-state index in [1.54, 1.807) is 18.2 Å². The first-order valence-electron chi connectivity index (χ1n) is 6.54. The average molecular weight is 284 g/mol. The molecule has 0 aromatic heterocycles. The zero-order valence-corrected chi connectivity index (χ0v) is 11.9. The van der Waals surface area contributed by atoms with Gasteiger partial charge in [0.15, 0.2) is 12.4 Å². The molecule has 0 saturated heterocycles. The molecule has 21 heavy (non-hydrogen) atoms. The second kappa shape index (κ2) is 6.22. The van der Waals surface area contributed by atoms with E-state index in [9.17, 15) is 9.59 Å². The molecular weight excluding hydrogens is 268 g/mol. The molecule has 4 heteroatoms. The molecule has 2 rings (SSSR count). The lowest BCUT2D eigenvalue weighted by Gasteiger charge is -2.09. The van der Waals surface area contributed by atoms with Crippen molar-refractivity contribution in [3.8, 4) is 5.75 Å². The Hall–Kier alpha value is -2.62. The maximum absolute atomic E-state index is 12.1. The van der Waals surface area contributed by atoms with Crippen molar-refractivity contribution in [2.75, 3.05) is 6.61 Å². The second-order valence-corrected chi connectivity index (χ2v) is 4.81. The quantitative estimate of drug-likeness (QED) is 0.856. The monoisotopic (exact) mass is 284 g/mol. The van der Waals surface area contributed by atoms with Crippen LogP contribution in [0.1, 0.15) is 31.8 Å². The number of rotatable bonds is 5. The Labute approximate surface area is 123 Å². The van der Waals surface area contributed by atoms with E-state index in [1.165, 1.54) is 12.1 Å². The highest BCUT2D eigenvalue weighted by Crippen LogP contribution is 2.18. The molecule has 0 amide bonds. The summed E-state index contributed by atoms with van der Waals surface area (Å²) in [5.74, 6) is -1.07. The summed E-state index contributed by atoms with van der Waals surface area (Å²) in [6.07, 6.45) is 0. The Kier molecular flexibility index (Phi) is 4.38. The van der Waals surface area contributed by atoms with Crippen LogP contribution in [0.3, 0.4) is 0 Å². The highest BCUT2D eigenvalue weighted by Gasteiger charge is 2.13.